The van der Waals surface area contributed by atoms with E-state index in [1.54, 1.807) is 36.4 Å². The zero-order valence-electron chi connectivity index (χ0n) is 20.0. The Morgan fingerprint density at radius 2 is 1.54 bits per heavy atom. The Bertz CT molecular complexity index is 1410. The van der Waals surface area contributed by atoms with Crippen LogP contribution < -0.4 is 9.80 Å². The number of nitro groups is 1. The highest BCUT2D eigenvalue weighted by molar-refractivity contribution is 6.51. The molecule has 1 heterocycles. The van der Waals surface area contributed by atoms with Crippen molar-refractivity contribution in [2.45, 2.75) is 12.5 Å². The number of carbonyl (C=O) groups is 3. The van der Waals surface area contributed by atoms with Crippen LogP contribution >= 0.6 is 0 Å². The van der Waals surface area contributed by atoms with Gasteiger partial charge in [-0.15, -0.1) is 0 Å². The number of nitrogens with zero attached hydrogens (tertiary/aromatic N) is 3. The largest absolute Gasteiger partial charge is 0.507 e. The van der Waals surface area contributed by atoms with Gasteiger partial charge in [-0.1, -0.05) is 24.3 Å². The summed E-state index contributed by atoms with van der Waals surface area (Å²) in [6.07, 6.45) is -0.200. The van der Waals surface area contributed by atoms with Crippen LogP contribution in [0.2, 0.25) is 0 Å². The third-order valence-electron chi connectivity index (χ3n) is 6.09. The number of hydrogen-bond donors (Lipinski definition) is 2. The summed E-state index contributed by atoms with van der Waals surface area (Å²) in [5.74, 6) is -3.24. The van der Waals surface area contributed by atoms with Gasteiger partial charge in [-0.2, -0.15) is 0 Å². The van der Waals surface area contributed by atoms with E-state index in [-0.39, 0.29) is 23.2 Å². The molecule has 1 saturated heterocycles. The summed E-state index contributed by atoms with van der Waals surface area (Å²) < 4.78 is 0. The van der Waals surface area contributed by atoms with Crippen molar-refractivity contribution >= 4 is 40.5 Å². The maximum Gasteiger partial charge on any atom is 0.307 e. The molecule has 1 amide bonds. The molecule has 1 unspecified atom stereocenters. The van der Waals surface area contributed by atoms with Gasteiger partial charge in [-0.05, 0) is 47.5 Å². The Labute approximate surface area is 211 Å². The number of aliphatic hydroxyl groups excluding tert-OH is 1. The first kappa shape index (κ1) is 25.1. The second-order valence-corrected chi connectivity index (χ2v) is 8.70. The first-order valence-electron chi connectivity index (χ1n) is 11.2. The van der Waals surface area contributed by atoms with Crippen LogP contribution in [0.5, 0.6) is 0 Å². The Balaban J connectivity index is 1.86. The van der Waals surface area contributed by atoms with E-state index in [1.807, 2.05) is 31.1 Å². The van der Waals surface area contributed by atoms with Crippen molar-refractivity contribution in [1.82, 2.24) is 0 Å². The summed E-state index contributed by atoms with van der Waals surface area (Å²) in [5.41, 5.74) is 2.11. The number of carboxylic acids is 1. The number of benzene rings is 3. The minimum atomic E-state index is -1.00. The Hall–Kier alpha value is -4.99. The fourth-order valence-corrected chi connectivity index (χ4v) is 4.21. The van der Waals surface area contributed by atoms with E-state index in [1.165, 1.54) is 29.2 Å². The molecule has 1 atom stereocenters. The van der Waals surface area contributed by atoms with Crippen molar-refractivity contribution in [1.29, 1.82) is 0 Å². The molecule has 0 radical (unpaired) electrons. The monoisotopic (exact) mass is 501 g/mol. The van der Waals surface area contributed by atoms with E-state index in [0.29, 0.717) is 16.8 Å². The summed E-state index contributed by atoms with van der Waals surface area (Å²) in [6, 6.07) is 17.4. The molecule has 3 aromatic rings. The lowest BCUT2D eigenvalue weighted by Crippen LogP contribution is -2.29. The van der Waals surface area contributed by atoms with Gasteiger partial charge in [0.05, 0.1) is 23.0 Å². The van der Waals surface area contributed by atoms with Gasteiger partial charge >= 0.3 is 5.97 Å². The molecule has 0 saturated carbocycles. The number of carboxylic acid groups (broad SMARTS) is 1. The van der Waals surface area contributed by atoms with Crippen molar-refractivity contribution < 1.29 is 29.5 Å². The highest BCUT2D eigenvalue weighted by atomic mass is 16.6. The van der Waals surface area contributed by atoms with Crippen LogP contribution in [0, 0.1) is 10.1 Å². The molecule has 188 valence electrons. The van der Waals surface area contributed by atoms with Crippen LogP contribution in [0.3, 0.4) is 0 Å². The van der Waals surface area contributed by atoms with E-state index in [0.717, 1.165) is 5.69 Å². The molecule has 0 aliphatic carbocycles. The van der Waals surface area contributed by atoms with Crippen LogP contribution in [0.25, 0.3) is 5.76 Å². The lowest BCUT2D eigenvalue weighted by Gasteiger charge is -2.26. The van der Waals surface area contributed by atoms with E-state index < -0.39 is 34.4 Å². The number of nitro benzene ring substituents is 1. The number of hydrogen-bond acceptors (Lipinski definition) is 7. The smallest absolute Gasteiger partial charge is 0.307 e. The molecule has 3 aromatic carbocycles. The Morgan fingerprint density at radius 1 is 0.946 bits per heavy atom. The first-order chi connectivity index (χ1) is 17.6. The lowest BCUT2D eigenvalue weighted by molar-refractivity contribution is -0.384. The summed E-state index contributed by atoms with van der Waals surface area (Å²) in [5, 5.41) is 31.2. The van der Waals surface area contributed by atoms with Crippen LogP contribution in [0.15, 0.2) is 78.4 Å². The molecule has 1 aliphatic heterocycles. The number of anilines is 2. The molecule has 1 fully saturated rings. The van der Waals surface area contributed by atoms with Crippen molar-refractivity contribution in [2.75, 3.05) is 23.9 Å². The lowest BCUT2D eigenvalue weighted by atomic mass is 9.94. The molecule has 0 aromatic heterocycles. The highest BCUT2D eigenvalue weighted by Gasteiger charge is 2.47. The fraction of sp³-hybridized carbons (Fsp3) is 0.148. The molecule has 10 heteroatoms. The predicted octanol–water partition coefficient (Wildman–Crippen LogP) is 3.91. The van der Waals surface area contributed by atoms with E-state index in [2.05, 4.69) is 0 Å². The highest BCUT2D eigenvalue weighted by Crippen LogP contribution is 2.42. The topological polar surface area (TPSA) is 141 Å². The summed E-state index contributed by atoms with van der Waals surface area (Å²) in [4.78, 5) is 51.1. The molecule has 0 spiro atoms. The summed E-state index contributed by atoms with van der Waals surface area (Å²) >= 11 is 0. The molecule has 1 aliphatic rings. The number of rotatable bonds is 7. The third kappa shape index (κ3) is 4.90. The second-order valence-electron chi connectivity index (χ2n) is 8.70. The van der Waals surface area contributed by atoms with Crippen LogP contribution in [-0.4, -0.2) is 46.9 Å². The van der Waals surface area contributed by atoms with Crippen molar-refractivity contribution in [3.05, 3.63) is 105 Å². The van der Waals surface area contributed by atoms with E-state index in [4.69, 9.17) is 5.11 Å². The summed E-state index contributed by atoms with van der Waals surface area (Å²) in [7, 11) is 3.74. The standard InChI is InChI=1S/C27H23N3O7/c1-28(2)19-11-5-17(6-12-19)24-23(25(33)18-7-13-21(14-8-18)30(36)37)26(34)27(35)29(24)20-9-3-16(4-10-20)15-22(31)32/h3-14,24,33H,15H2,1-2H3,(H,31,32)/b25-23-. The molecule has 2 N–H and O–H groups in total. The predicted molar refractivity (Wildman–Crippen MR) is 136 cm³/mol. The molecular weight excluding hydrogens is 478 g/mol. The number of Topliss-reactive ketones (excluding diaryl/α,β-unsaturated/α-hetero) is 1. The van der Waals surface area contributed by atoms with Crippen molar-refractivity contribution in [2.24, 2.45) is 0 Å². The minimum absolute atomic E-state index is 0.148. The first-order valence-corrected chi connectivity index (χ1v) is 11.2. The molecule has 0 bridgehead atoms. The van der Waals surface area contributed by atoms with Crippen molar-refractivity contribution in [3.8, 4) is 0 Å². The van der Waals surface area contributed by atoms with E-state index >= 15 is 0 Å². The van der Waals surface area contributed by atoms with Gasteiger partial charge < -0.3 is 15.1 Å². The number of ketones is 1. The number of aliphatic carboxylic acids is 1. The van der Waals surface area contributed by atoms with Gasteiger partial charge in [0.25, 0.3) is 17.4 Å². The Kier molecular flexibility index (Phi) is 6.75. The zero-order valence-corrected chi connectivity index (χ0v) is 20.0. The maximum atomic E-state index is 13.3. The van der Waals surface area contributed by atoms with Gasteiger partial charge in [0, 0.05) is 43.2 Å². The average molecular weight is 501 g/mol. The fourth-order valence-electron chi connectivity index (χ4n) is 4.21. The number of aliphatic hydroxyl groups is 1. The van der Waals surface area contributed by atoms with Crippen molar-refractivity contribution in [3.63, 3.8) is 0 Å². The van der Waals surface area contributed by atoms with Gasteiger partial charge in [0.15, 0.2) is 0 Å². The average Bonchev–Trinajstić information content (AvgIpc) is 3.14. The molecule has 10 nitrogen and oxygen atoms in total. The zero-order chi connectivity index (χ0) is 26.9. The number of amides is 1. The molecule has 37 heavy (non-hydrogen) atoms. The quantitative estimate of drug-likeness (QED) is 0.163. The van der Waals surface area contributed by atoms with Gasteiger partial charge in [0.1, 0.15) is 5.76 Å². The van der Waals surface area contributed by atoms with Crippen LogP contribution in [0.4, 0.5) is 17.1 Å². The number of carbonyl (C=O) groups excluding carboxylic acids is 2. The molecule has 4 rings (SSSR count). The van der Waals surface area contributed by atoms with E-state index in [9.17, 15) is 29.6 Å². The second kappa shape index (κ2) is 9.94. The van der Waals surface area contributed by atoms with Gasteiger partial charge in [-0.25, -0.2) is 0 Å². The summed E-state index contributed by atoms with van der Waals surface area (Å²) in [6.45, 7) is 0. The van der Waals surface area contributed by atoms with Gasteiger partial charge in [-0.3, -0.25) is 29.4 Å². The minimum Gasteiger partial charge on any atom is -0.507 e. The molecular formula is C27H23N3O7. The Morgan fingerprint density at radius 3 is 2.05 bits per heavy atom. The van der Waals surface area contributed by atoms with Crippen LogP contribution in [-0.2, 0) is 20.8 Å². The van der Waals surface area contributed by atoms with Crippen LogP contribution in [0.1, 0.15) is 22.7 Å². The van der Waals surface area contributed by atoms with Gasteiger partial charge in [0.2, 0.25) is 0 Å². The SMILES string of the molecule is CN(C)c1ccc(C2/C(=C(/O)c3ccc([N+](=O)[O-])cc3)C(=O)C(=O)N2c2ccc(CC(=O)O)cc2)cc1. The maximum absolute atomic E-state index is 13.3. The normalized spacial score (nSPS) is 16.6. The third-order valence-corrected chi connectivity index (χ3v) is 6.09. The number of non-ortho nitro benzene ring substituents is 1.